The molecule has 1 aromatic carbocycles. The average Bonchev–Trinajstić information content (AvgIpc) is 3.06. The van der Waals surface area contributed by atoms with E-state index in [2.05, 4.69) is 27.5 Å². The van der Waals surface area contributed by atoms with Crippen LogP contribution in [0.25, 0.3) is 17.0 Å². The Labute approximate surface area is 151 Å². The first-order chi connectivity index (χ1) is 12.6. The van der Waals surface area contributed by atoms with E-state index in [1.165, 1.54) is 6.07 Å². The fourth-order valence-electron chi connectivity index (χ4n) is 3.57. The topological polar surface area (TPSA) is 75.3 Å². The van der Waals surface area contributed by atoms with Gasteiger partial charge in [0.1, 0.15) is 11.6 Å². The van der Waals surface area contributed by atoms with E-state index in [-0.39, 0.29) is 17.3 Å². The predicted octanol–water partition coefficient (Wildman–Crippen LogP) is 3.28. The maximum atomic E-state index is 14.1. The Morgan fingerprint density at radius 3 is 2.88 bits per heavy atom. The van der Waals surface area contributed by atoms with E-state index in [1.54, 1.807) is 28.8 Å². The van der Waals surface area contributed by atoms with Crippen LogP contribution in [0.15, 0.2) is 36.4 Å². The van der Waals surface area contributed by atoms with E-state index >= 15 is 0 Å². The lowest BCUT2D eigenvalue weighted by Crippen LogP contribution is -2.41. The lowest BCUT2D eigenvalue weighted by atomic mass is 9.73. The van der Waals surface area contributed by atoms with Crippen LogP contribution < -0.4 is 5.32 Å². The van der Waals surface area contributed by atoms with Crippen molar-refractivity contribution in [3.05, 3.63) is 42.2 Å². The van der Waals surface area contributed by atoms with E-state index in [0.717, 1.165) is 25.7 Å². The Morgan fingerprint density at radius 1 is 1.23 bits per heavy atom. The molecule has 7 heteroatoms. The molecule has 0 radical (unpaired) electrons. The number of aliphatic hydroxyl groups is 1. The largest absolute Gasteiger partial charge is 0.392 e. The predicted molar refractivity (Wildman–Crippen MR) is 97.2 cm³/mol. The molecule has 2 unspecified atom stereocenters. The van der Waals surface area contributed by atoms with Gasteiger partial charge in [0.2, 0.25) is 0 Å². The van der Waals surface area contributed by atoms with Gasteiger partial charge in [-0.2, -0.15) is 4.52 Å². The van der Waals surface area contributed by atoms with Gasteiger partial charge in [-0.15, -0.1) is 15.3 Å². The first kappa shape index (κ1) is 16.9. The minimum Gasteiger partial charge on any atom is -0.392 e. The van der Waals surface area contributed by atoms with E-state index in [1.807, 2.05) is 6.07 Å². The number of hydrogen-bond donors (Lipinski definition) is 2. The molecule has 0 aliphatic heterocycles. The van der Waals surface area contributed by atoms with Crippen LogP contribution in [-0.2, 0) is 0 Å². The Balaban J connectivity index is 1.61. The molecule has 2 aromatic heterocycles. The van der Waals surface area contributed by atoms with Crippen LogP contribution in [-0.4, -0.2) is 37.6 Å². The summed E-state index contributed by atoms with van der Waals surface area (Å²) in [6.07, 6.45) is 3.72. The molecule has 1 saturated carbocycles. The monoisotopic (exact) mass is 355 g/mol. The highest BCUT2D eigenvalue weighted by atomic mass is 19.1. The van der Waals surface area contributed by atoms with Crippen molar-refractivity contribution in [2.75, 3.05) is 11.9 Å². The Kier molecular flexibility index (Phi) is 4.32. The molecule has 26 heavy (non-hydrogen) atoms. The van der Waals surface area contributed by atoms with Crippen molar-refractivity contribution < 1.29 is 9.50 Å². The molecular weight excluding hydrogens is 333 g/mol. The lowest BCUT2D eigenvalue weighted by Gasteiger charge is -2.38. The second-order valence-electron chi connectivity index (χ2n) is 7.26. The van der Waals surface area contributed by atoms with Gasteiger partial charge in [-0.05, 0) is 37.1 Å². The molecule has 136 valence electrons. The molecule has 1 aliphatic rings. The lowest BCUT2D eigenvalue weighted by molar-refractivity contribution is 0.00957. The molecule has 2 N–H and O–H groups in total. The van der Waals surface area contributed by atoms with E-state index in [9.17, 15) is 9.50 Å². The third-order valence-electron chi connectivity index (χ3n) is 5.33. The van der Waals surface area contributed by atoms with Crippen LogP contribution >= 0.6 is 0 Å². The molecule has 0 spiro atoms. The number of aliphatic hydroxyl groups excluding tert-OH is 1. The zero-order valence-corrected chi connectivity index (χ0v) is 14.7. The number of nitrogens with one attached hydrogen (secondary N) is 1. The van der Waals surface area contributed by atoms with E-state index < -0.39 is 0 Å². The summed E-state index contributed by atoms with van der Waals surface area (Å²) < 4.78 is 15.7. The normalized spacial score (nSPS) is 23.3. The number of anilines is 1. The summed E-state index contributed by atoms with van der Waals surface area (Å²) >= 11 is 0. The Hall–Kier alpha value is -2.54. The SMILES string of the molecule is CC1(CNc2ccc3nnc(-c4ccccc4F)n3n2)CCCCC1O. The van der Waals surface area contributed by atoms with Crippen molar-refractivity contribution in [1.29, 1.82) is 0 Å². The molecule has 1 fully saturated rings. The fourth-order valence-corrected chi connectivity index (χ4v) is 3.57. The molecule has 6 nitrogen and oxygen atoms in total. The summed E-state index contributed by atoms with van der Waals surface area (Å²) in [6.45, 7) is 2.73. The van der Waals surface area contributed by atoms with Gasteiger partial charge in [0.05, 0.1) is 11.7 Å². The van der Waals surface area contributed by atoms with Crippen molar-refractivity contribution in [3.63, 3.8) is 0 Å². The summed E-state index contributed by atoms with van der Waals surface area (Å²) in [5.41, 5.74) is 0.744. The van der Waals surface area contributed by atoms with Gasteiger partial charge < -0.3 is 10.4 Å². The van der Waals surface area contributed by atoms with E-state index in [0.29, 0.717) is 29.4 Å². The quantitative estimate of drug-likeness (QED) is 0.751. The van der Waals surface area contributed by atoms with Crippen LogP contribution in [0.5, 0.6) is 0 Å². The molecule has 2 atom stereocenters. The summed E-state index contributed by atoms with van der Waals surface area (Å²) in [5, 5.41) is 26.3. The summed E-state index contributed by atoms with van der Waals surface area (Å²) in [6, 6.07) is 10.1. The molecule has 3 aromatic rings. The number of hydrogen-bond acceptors (Lipinski definition) is 5. The van der Waals surface area contributed by atoms with Crippen molar-refractivity contribution in [2.45, 2.75) is 38.7 Å². The number of aromatic nitrogens is 4. The van der Waals surface area contributed by atoms with Crippen molar-refractivity contribution in [2.24, 2.45) is 5.41 Å². The molecular formula is C19H22FN5O. The summed E-state index contributed by atoms with van der Waals surface area (Å²) in [7, 11) is 0. The average molecular weight is 355 g/mol. The maximum Gasteiger partial charge on any atom is 0.188 e. The summed E-state index contributed by atoms with van der Waals surface area (Å²) in [4.78, 5) is 0. The smallest absolute Gasteiger partial charge is 0.188 e. The van der Waals surface area contributed by atoms with Gasteiger partial charge in [-0.1, -0.05) is 31.9 Å². The number of benzene rings is 1. The second-order valence-corrected chi connectivity index (χ2v) is 7.26. The maximum absolute atomic E-state index is 14.1. The number of rotatable bonds is 4. The highest BCUT2D eigenvalue weighted by molar-refractivity contribution is 5.60. The number of halogens is 1. The minimum absolute atomic E-state index is 0.170. The third-order valence-corrected chi connectivity index (χ3v) is 5.33. The summed E-state index contributed by atoms with van der Waals surface area (Å²) in [5.74, 6) is 0.652. The molecule has 1 aliphatic carbocycles. The second kappa shape index (κ2) is 6.64. The standard InChI is InChI=1S/C19H22FN5O/c1-19(11-5-4-8-15(19)26)12-21-16-9-10-17-22-23-18(25(17)24-16)13-6-2-3-7-14(13)20/h2-3,6-7,9-10,15,26H,4-5,8,11-12H2,1H3,(H,21,24). The van der Waals surface area contributed by atoms with Crippen LogP contribution in [0.2, 0.25) is 0 Å². The van der Waals surface area contributed by atoms with Crippen LogP contribution in [0.3, 0.4) is 0 Å². The molecule has 4 rings (SSSR count). The molecule has 2 heterocycles. The number of fused-ring (bicyclic) bond motifs is 1. The van der Waals surface area contributed by atoms with Crippen LogP contribution in [0.4, 0.5) is 10.2 Å². The zero-order valence-electron chi connectivity index (χ0n) is 14.7. The molecule has 0 amide bonds. The number of nitrogens with zero attached hydrogens (tertiary/aromatic N) is 4. The van der Waals surface area contributed by atoms with Crippen LogP contribution in [0, 0.1) is 11.2 Å². The van der Waals surface area contributed by atoms with Crippen molar-refractivity contribution >= 4 is 11.5 Å². The highest BCUT2D eigenvalue weighted by Gasteiger charge is 2.35. The van der Waals surface area contributed by atoms with Gasteiger partial charge in [0, 0.05) is 12.0 Å². The minimum atomic E-state index is -0.361. The van der Waals surface area contributed by atoms with E-state index in [4.69, 9.17) is 0 Å². The van der Waals surface area contributed by atoms with Gasteiger partial charge in [-0.3, -0.25) is 0 Å². The van der Waals surface area contributed by atoms with Gasteiger partial charge >= 0.3 is 0 Å². The van der Waals surface area contributed by atoms with Gasteiger partial charge in [-0.25, -0.2) is 4.39 Å². The fraction of sp³-hybridized carbons (Fsp3) is 0.421. The Bertz CT molecular complexity index is 927. The molecule has 0 saturated heterocycles. The van der Waals surface area contributed by atoms with Gasteiger partial charge in [0.25, 0.3) is 0 Å². The first-order valence-corrected chi connectivity index (χ1v) is 8.96. The zero-order chi connectivity index (χ0) is 18.1. The third kappa shape index (κ3) is 3.03. The highest BCUT2D eigenvalue weighted by Crippen LogP contribution is 2.36. The van der Waals surface area contributed by atoms with Crippen molar-refractivity contribution in [1.82, 2.24) is 19.8 Å². The van der Waals surface area contributed by atoms with Crippen LogP contribution in [0.1, 0.15) is 32.6 Å². The van der Waals surface area contributed by atoms with Crippen molar-refractivity contribution in [3.8, 4) is 11.4 Å². The van der Waals surface area contributed by atoms with Gasteiger partial charge in [0.15, 0.2) is 11.5 Å². The molecule has 0 bridgehead atoms. The Morgan fingerprint density at radius 2 is 2.08 bits per heavy atom. The first-order valence-electron chi connectivity index (χ1n) is 8.96.